The second-order valence-corrected chi connectivity index (χ2v) is 6.07. The van der Waals surface area contributed by atoms with E-state index in [2.05, 4.69) is 5.32 Å². The standard InChI is InChI=1S/C20H22N2O4/c1-25-17-10-7-15(12-18(17)26-2)20(24)21-13-14-5-8-16(9-6-14)22-11-3-4-19(22)23/h5-10,12H,3-4,11,13H2,1-2H3,(H,21,24). The predicted octanol–water partition coefficient (Wildman–Crippen LogP) is 2.76. The summed E-state index contributed by atoms with van der Waals surface area (Å²) in [6, 6.07) is 12.7. The van der Waals surface area contributed by atoms with Crippen LogP contribution in [-0.2, 0) is 11.3 Å². The number of anilines is 1. The Morgan fingerprint density at radius 3 is 2.42 bits per heavy atom. The zero-order valence-corrected chi connectivity index (χ0v) is 15.0. The largest absolute Gasteiger partial charge is 0.493 e. The van der Waals surface area contributed by atoms with Gasteiger partial charge in [0.05, 0.1) is 14.2 Å². The Morgan fingerprint density at radius 1 is 1.08 bits per heavy atom. The van der Waals surface area contributed by atoms with E-state index in [-0.39, 0.29) is 11.8 Å². The van der Waals surface area contributed by atoms with Gasteiger partial charge >= 0.3 is 0 Å². The predicted molar refractivity (Wildman–Crippen MR) is 98.7 cm³/mol. The molecule has 2 aromatic rings. The van der Waals surface area contributed by atoms with Gasteiger partial charge in [0.2, 0.25) is 5.91 Å². The second kappa shape index (κ2) is 7.91. The third kappa shape index (κ3) is 3.79. The molecule has 6 nitrogen and oxygen atoms in total. The fourth-order valence-electron chi connectivity index (χ4n) is 2.98. The fraction of sp³-hybridized carbons (Fsp3) is 0.300. The van der Waals surface area contributed by atoms with Crippen molar-refractivity contribution in [3.05, 3.63) is 53.6 Å². The van der Waals surface area contributed by atoms with Gasteiger partial charge in [-0.05, 0) is 42.3 Å². The van der Waals surface area contributed by atoms with Crippen LogP contribution >= 0.6 is 0 Å². The maximum Gasteiger partial charge on any atom is 0.251 e. The first-order valence-corrected chi connectivity index (χ1v) is 8.52. The highest BCUT2D eigenvalue weighted by atomic mass is 16.5. The van der Waals surface area contributed by atoms with Crippen LogP contribution in [0.3, 0.4) is 0 Å². The van der Waals surface area contributed by atoms with Gasteiger partial charge in [-0.3, -0.25) is 9.59 Å². The van der Waals surface area contributed by atoms with E-state index >= 15 is 0 Å². The van der Waals surface area contributed by atoms with Crippen molar-refractivity contribution >= 4 is 17.5 Å². The Labute approximate surface area is 152 Å². The number of carbonyl (C=O) groups is 2. The molecule has 1 N–H and O–H groups in total. The molecule has 0 spiro atoms. The molecule has 0 atom stereocenters. The molecule has 1 aliphatic rings. The summed E-state index contributed by atoms with van der Waals surface area (Å²) in [6.45, 7) is 1.18. The molecule has 3 rings (SSSR count). The normalized spacial score (nSPS) is 13.6. The molecule has 1 fully saturated rings. The molecule has 0 bridgehead atoms. The Kier molecular flexibility index (Phi) is 5.41. The van der Waals surface area contributed by atoms with Gasteiger partial charge in [0.15, 0.2) is 11.5 Å². The van der Waals surface area contributed by atoms with Gasteiger partial charge in [0.1, 0.15) is 0 Å². The van der Waals surface area contributed by atoms with E-state index in [1.165, 1.54) is 7.11 Å². The first kappa shape index (κ1) is 17.8. The topological polar surface area (TPSA) is 67.9 Å². The number of benzene rings is 2. The van der Waals surface area contributed by atoms with Crippen molar-refractivity contribution in [1.29, 1.82) is 0 Å². The quantitative estimate of drug-likeness (QED) is 0.866. The average molecular weight is 354 g/mol. The second-order valence-electron chi connectivity index (χ2n) is 6.07. The molecular formula is C20H22N2O4. The first-order chi connectivity index (χ1) is 12.6. The molecule has 1 aliphatic heterocycles. The van der Waals surface area contributed by atoms with Gasteiger partial charge in [-0.2, -0.15) is 0 Å². The molecule has 0 unspecified atom stereocenters. The van der Waals surface area contributed by atoms with E-state index in [1.807, 2.05) is 24.3 Å². The van der Waals surface area contributed by atoms with Gasteiger partial charge in [-0.15, -0.1) is 0 Å². The minimum absolute atomic E-state index is 0.166. The van der Waals surface area contributed by atoms with Crippen LogP contribution in [0.15, 0.2) is 42.5 Å². The van der Waals surface area contributed by atoms with Crippen LogP contribution in [0.25, 0.3) is 0 Å². The van der Waals surface area contributed by atoms with Gasteiger partial charge in [0, 0.05) is 30.8 Å². The molecule has 6 heteroatoms. The number of ether oxygens (including phenoxy) is 2. The van der Waals surface area contributed by atoms with Crippen LogP contribution in [0.4, 0.5) is 5.69 Å². The minimum Gasteiger partial charge on any atom is -0.493 e. The first-order valence-electron chi connectivity index (χ1n) is 8.52. The van der Waals surface area contributed by atoms with Crippen LogP contribution in [0, 0.1) is 0 Å². The molecule has 1 heterocycles. The number of rotatable bonds is 6. The van der Waals surface area contributed by atoms with Gasteiger partial charge in [-0.1, -0.05) is 12.1 Å². The molecule has 26 heavy (non-hydrogen) atoms. The Balaban J connectivity index is 1.61. The molecular weight excluding hydrogens is 332 g/mol. The van der Waals surface area contributed by atoms with Gasteiger partial charge in [-0.25, -0.2) is 0 Å². The van der Waals surface area contributed by atoms with Crippen molar-refractivity contribution in [2.24, 2.45) is 0 Å². The van der Waals surface area contributed by atoms with E-state index in [0.717, 1.165) is 24.2 Å². The van der Waals surface area contributed by atoms with Crippen molar-refractivity contribution < 1.29 is 19.1 Å². The van der Waals surface area contributed by atoms with E-state index in [0.29, 0.717) is 30.0 Å². The molecule has 0 radical (unpaired) electrons. The molecule has 2 aromatic carbocycles. The number of carbonyl (C=O) groups excluding carboxylic acids is 2. The van der Waals surface area contributed by atoms with Crippen molar-refractivity contribution in [3.8, 4) is 11.5 Å². The van der Waals surface area contributed by atoms with Crippen LogP contribution in [-0.4, -0.2) is 32.6 Å². The summed E-state index contributed by atoms with van der Waals surface area (Å²) in [5, 5.41) is 2.89. The fourth-order valence-corrected chi connectivity index (χ4v) is 2.98. The van der Waals surface area contributed by atoms with E-state index in [9.17, 15) is 9.59 Å². The third-order valence-electron chi connectivity index (χ3n) is 4.42. The lowest BCUT2D eigenvalue weighted by Gasteiger charge is -2.16. The SMILES string of the molecule is COc1ccc(C(=O)NCc2ccc(N3CCCC3=O)cc2)cc1OC. The summed E-state index contributed by atoms with van der Waals surface area (Å²) in [5.74, 6) is 1.07. The lowest BCUT2D eigenvalue weighted by molar-refractivity contribution is -0.117. The maximum absolute atomic E-state index is 12.3. The summed E-state index contributed by atoms with van der Waals surface area (Å²) in [4.78, 5) is 25.9. The Hall–Kier alpha value is -3.02. The zero-order valence-electron chi connectivity index (χ0n) is 15.0. The third-order valence-corrected chi connectivity index (χ3v) is 4.42. The van der Waals surface area contributed by atoms with E-state index < -0.39 is 0 Å². The molecule has 0 aromatic heterocycles. The van der Waals surface area contributed by atoms with Crippen LogP contribution in [0.2, 0.25) is 0 Å². The molecule has 0 aliphatic carbocycles. The highest BCUT2D eigenvalue weighted by molar-refractivity contribution is 5.95. The monoisotopic (exact) mass is 354 g/mol. The smallest absolute Gasteiger partial charge is 0.251 e. The summed E-state index contributed by atoms with van der Waals surface area (Å²) < 4.78 is 10.4. The zero-order chi connectivity index (χ0) is 18.5. The number of hydrogen-bond acceptors (Lipinski definition) is 4. The number of nitrogens with zero attached hydrogens (tertiary/aromatic N) is 1. The number of amides is 2. The summed E-state index contributed by atoms with van der Waals surface area (Å²) in [7, 11) is 3.09. The van der Waals surface area contributed by atoms with E-state index in [4.69, 9.17) is 9.47 Å². The lowest BCUT2D eigenvalue weighted by Crippen LogP contribution is -2.24. The molecule has 2 amide bonds. The Bertz CT molecular complexity index is 802. The molecule has 1 saturated heterocycles. The Morgan fingerprint density at radius 2 is 1.81 bits per heavy atom. The summed E-state index contributed by atoms with van der Waals surface area (Å²) >= 11 is 0. The maximum atomic E-state index is 12.3. The van der Waals surface area contributed by atoms with Crippen molar-refractivity contribution in [2.75, 3.05) is 25.7 Å². The van der Waals surface area contributed by atoms with Crippen LogP contribution < -0.4 is 19.7 Å². The highest BCUT2D eigenvalue weighted by Crippen LogP contribution is 2.27. The lowest BCUT2D eigenvalue weighted by atomic mass is 10.1. The average Bonchev–Trinajstić information content (AvgIpc) is 3.11. The summed E-state index contributed by atoms with van der Waals surface area (Å²) in [5.41, 5.74) is 2.37. The van der Waals surface area contributed by atoms with Crippen LogP contribution in [0.1, 0.15) is 28.8 Å². The molecule has 0 saturated carbocycles. The summed E-state index contributed by atoms with van der Waals surface area (Å²) in [6.07, 6.45) is 1.52. The minimum atomic E-state index is -0.190. The van der Waals surface area contributed by atoms with Crippen LogP contribution in [0.5, 0.6) is 11.5 Å². The van der Waals surface area contributed by atoms with Crippen molar-refractivity contribution in [1.82, 2.24) is 5.32 Å². The number of hydrogen-bond donors (Lipinski definition) is 1. The number of nitrogens with one attached hydrogen (secondary N) is 1. The van der Waals surface area contributed by atoms with Crippen molar-refractivity contribution in [2.45, 2.75) is 19.4 Å². The molecule has 136 valence electrons. The van der Waals surface area contributed by atoms with Gasteiger partial charge in [0.25, 0.3) is 5.91 Å². The van der Waals surface area contributed by atoms with Crippen molar-refractivity contribution in [3.63, 3.8) is 0 Å². The van der Waals surface area contributed by atoms with Gasteiger partial charge < -0.3 is 19.7 Å². The number of methoxy groups -OCH3 is 2. The van der Waals surface area contributed by atoms with E-state index in [1.54, 1.807) is 30.2 Å². The highest BCUT2D eigenvalue weighted by Gasteiger charge is 2.21.